The van der Waals surface area contributed by atoms with E-state index in [2.05, 4.69) is 10.3 Å². The normalized spacial score (nSPS) is 10.3. The molecule has 0 radical (unpaired) electrons. The number of rotatable bonds is 3. The van der Waals surface area contributed by atoms with Gasteiger partial charge in [-0.3, -0.25) is 14.9 Å². The number of halogens is 2. The summed E-state index contributed by atoms with van der Waals surface area (Å²) in [4.78, 5) is 26.9. The van der Waals surface area contributed by atoms with Gasteiger partial charge in [0, 0.05) is 12.3 Å². The van der Waals surface area contributed by atoms with Crippen LogP contribution >= 0.6 is 22.9 Å². The van der Waals surface area contributed by atoms with E-state index in [9.17, 15) is 14.0 Å². The summed E-state index contributed by atoms with van der Waals surface area (Å²) in [7, 11) is 0. The molecule has 0 aliphatic rings. The first-order valence-corrected chi connectivity index (χ1v) is 6.46. The number of ketones is 1. The number of Topliss-reactive ketones (excluding diaryl/α,β-unsaturated/α-hetero) is 1. The summed E-state index contributed by atoms with van der Waals surface area (Å²) >= 11 is 6.90. The molecule has 7 heteroatoms. The zero-order valence-electron chi connectivity index (χ0n) is 9.74. The van der Waals surface area contributed by atoms with Crippen LogP contribution in [0.3, 0.4) is 0 Å². The zero-order chi connectivity index (χ0) is 14.0. The smallest absolute Gasteiger partial charge is 0.258 e. The van der Waals surface area contributed by atoms with Gasteiger partial charge in [0.2, 0.25) is 0 Å². The molecule has 1 N–H and O–H groups in total. The summed E-state index contributed by atoms with van der Waals surface area (Å²) < 4.78 is 12.9. The number of anilines is 1. The molecule has 1 aromatic heterocycles. The quantitative estimate of drug-likeness (QED) is 0.884. The first-order chi connectivity index (χ1) is 8.97. The minimum Gasteiger partial charge on any atom is -0.298 e. The first kappa shape index (κ1) is 13.6. The molecule has 1 heterocycles. The van der Waals surface area contributed by atoms with E-state index >= 15 is 0 Å². The van der Waals surface area contributed by atoms with Crippen LogP contribution in [0.15, 0.2) is 23.6 Å². The van der Waals surface area contributed by atoms with Crippen LogP contribution in [-0.2, 0) is 0 Å². The summed E-state index contributed by atoms with van der Waals surface area (Å²) in [6.07, 6.45) is 0. The minimum absolute atomic E-state index is 0.0147. The summed E-state index contributed by atoms with van der Waals surface area (Å²) in [6, 6.07) is 3.48. The van der Waals surface area contributed by atoms with Crippen molar-refractivity contribution in [3.63, 3.8) is 0 Å². The van der Waals surface area contributed by atoms with Gasteiger partial charge in [0.25, 0.3) is 5.91 Å². The second-order valence-electron chi connectivity index (χ2n) is 3.67. The Balaban J connectivity index is 2.18. The first-order valence-electron chi connectivity index (χ1n) is 5.20. The maximum Gasteiger partial charge on any atom is 0.258 e. The maximum atomic E-state index is 12.9. The molecular formula is C12H8ClFN2O2S. The van der Waals surface area contributed by atoms with Crippen LogP contribution in [0.2, 0.25) is 5.02 Å². The lowest BCUT2D eigenvalue weighted by Gasteiger charge is -2.03. The van der Waals surface area contributed by atoms with Gasteiger partial charge in [-0.1, -0.05) is 11.6 Å². The maximum absolute atomic E-state index is 12.9. The number of benzene rings is 1. The summed E-state index contributed by atoms with van der Waals surface area (Å²) in [5.74, 6) is -1.21. The molecule has 1 amide bonds. The highest BCUT2D eigenvalue weighted by molar-refractivity contribution is 7.14. The molecule has 0 spiro atoms. The number of aromatic nitrogens is 1. The molecule has 0 aliphatic heterocycles. The Morgan fingerprint density at radius 3 is 2.74 bits per heavy atom. The van der Waals surface area contributed by atoms with E-state index in [1.54, 1.807) is 5.38 Å². The molecule has 2 aromatic rings. The van der Waals surface area contributed by atoms with Gasteiger partial charge in [-0.25, -0.2) is 9.37 Å². The highest BCUT2D eigenvalue weighted by Gasteiger charge is 2.14. The third kappa shape index (κ3) is 3.15. The predicted molar refractivity (Wildman–Crippen MR) is 71.5 cm³/mol. The number of thiazole rings is 1. The number of amides is 1. The van der Waals surface area contributed by atoms with Crippen LogP contribution in [0.25, 0.3) is 0 Å². The fraction of sp³-hybridized carbons (Fsp3) is 0.0833. The van der Waals surface area contributed by atoms with Gasteiger partial charge < -0.3 is 0 Å². The average Bonchev–Trinajstić information content (AvgIpc) is 2.77. The third-order valence-electron chi connectivity index (χ3n) is 2.26. The van der Waals surface area contributed by atoms with Crippen LogP contribution in [0.1, 0.15) is 27.8 Å². The van der Waals surface area contributed by atoms with Crippen molar-refractivity contribution < 1.29 is 14.0 Å². The van der Waals surface area contributed by atoms with E-state index < -0.39 is 11.7 Å². The van der Waals surface area contributed by atoms with E-state index in [-0.39, 0.29) is 27.2 Å². The van der Waals surface area contributed by atoms with Crippen molar-refractivity contribution >= 4 is 39.8 Å². The predicted octanol–water partition coefficient (Wildman–Crippen LogP) is 3.39. The molecule has 2 rings (SSSR count). The lowest BCUT2D eigenvalue weighted by molar-refractivity contribution is 0.100. The molecular weight excluding hydrogens is 291 g/mol. The minimum atomic E-state index is -0.519. The van der Waals surface area contributed by atoms with Gasteiger partial charge in [-0.15, -0.1) is 11.3 Å². The second kappa shape index (κ2) is 5.46. The molecule has 0 saturated carbocycles. The Hall–Kier alpha value is -1.79. The number of carbonyl (C=O) groups excluding carboxylic acids is 2. The fourth-order valence-electron chi connectivity index (χ4n) is 1.33. The van der Waals surface area contributed by atoms with E-state index in [4.69, 9.17) is 11.6 Å². The Bertz CT molecular complexity index is 657. The molecule has 0 aliphatic carbocycles. The van der Waals surface area contributed by atoms with Crippen molar-refractivity contribution in [3.05, 3.63) is 45.7 Å². The molecule has 0 saturated heterocycles. The van der Waals surface area contributed by atoms with Crippen LogP contribution in [-0.4, -0.2) is 16.7 Å². The summed E-state index contributed by atoms with van der Waals surface area (Å²) in [6.45, 7) is 1.39. The largest absolute Gasteiger partial charge is 0.298 e. The number of carbonyl (C=O) groups is 2. The van der Waals surface area contributed by atoms with Crippen molar-refractivity contribution in [1.29, 1.82) is 0 Å². The SMILES string of the molecule is CC(=O)c1csc(NC(=O)c2ccc(F)cc2Cl)n1. The lowest BCUT2D eigenvalue weighted by atomic mass is 10.2. The van der Waals surface area contributed by atoms with Crippen LogP contribution in [0.4, 0.5) is 9.52 Å². The number of nitrogens with one attached hydrogen (secondary N) is 1. The Morgan fingerprint density at radius 2 is 2.16 bits per heavy atom. The van der Waals surface area contributed by atoms with E-state index in [1.165, 1.54) is 13.0 Å². The van der Waals surface area contributed by atoms with Crippen molar-refractivity contribution in [2.45, 2.75) is 6.92 Å². The summed E-state index contributed by atoms with van der Waals surface area (Å²) in [5, 5.41) is 4.35. The van der Waals surface area contributed by atoms with E-state index in [0.717, 1.165) is 23.5 Å². The Kier molecular flexibility index (Phi) is 3.92. The standard InChI is InChI=1S/C12H8ClFN2O2S/c1-6(17)10-5-19-12(15-10)16-11(18)8-3-2-7(14)4-9(8)13/h2-5H,1H3,(H,15,16,18). The fourth-order valence-corrected chi connectivity index (χ4v) is 2.33. The summed E-state index contributed by atoms with van der Waals surface area (Å²) in [5.41, 5.74) is 0.424. The van der Waals surface area contributed by atoms with Gasteiger partial charge in [0.1, 0.15) is 11.5 Å². The van der Waals surface area contributed by atoms with Gasteiger partial charge in [-0.05, 0) is 18.2 Å². The topological polar surface area (TPSA) is 59.1 Å². The lowest BCUT2D eigenvalue weighted by Crippen LogP contribution is -2.12. The van der Waals surface area contributed by atoms with Crippen LogP contribution < -0.4 is 5.32 Å². The molecule has 0 atom stereocenters. The number of hydrogen-bond acceptors (Lipinski definition) is 4. The van der Waals surface area contributed by atoms with Crippen molar-refractivity contribution in [2.75, 3.05) is 5.32 Å². The molecule has 4 nitrogen and oxygen atoms in total. The third-order valence-corrected chi connectivity index (χ3v) is 3.33. The van der Waals surface area contributed by atoms with Gasteiger partial charge in [-0.2, -0.15) is 0 Å². The molecule has 98 valence electrons. The highest BCUT2D eigenvalue weighted by atomic mass is 35.5. The van der Waals surface area contributed by atoms with E-state index in [0.29, 0.717) is 0 Å². The number of nitrogens with zero attached hydrogens (tertiary/aromatic N) is 1. The Labute approximate surface area is 117 Å². The van der Waals surface area contributed by atoms with Crippen LogP contribution in [0.5, 0.6) is 0 Å². The average molecular weight is 299 g/mol. The van der Waals surface area contributed by atoms with Gasteiger partial charge in [0.15, 0.2) is 10.9 Å². The van der Waals surface area contributed by atoms with Gasteiger partial charge >= 0.3 is 0 Å². The molecule has 0 unspecified atom stereocenters. The monoisotopic (exact) mass is 298 g/mol. The second-order valence-corrected chi connectivity index (χ2v) is 4.94. The molecule has 1 aromatic carbocycles. The van der Waals surface area contributed by atoms with Crippen molar-refractivity contribution in [2.24, 2.45) is 0 Å². The zero-order valence-corrected chi connectivity index (χ0v) is 11.3. The van der Waals surface area contributed by atoms with Crippen molar-refractivity contribution in [3.8, 4) is 0 Å². The van der Waals surface area contributed by atoms with E-state index in [1.807, 2.05) is 0 Å². The molecule has 0 fully saturated rings. The number of hydrogen-bond donors (Lipinski definition) is 1. The highest BCUT2D eigenvalue weighted by Crippen LogP contribution is 2.21. The van der Waals surface area contributed by atoms with Crippen molar-refractivity contribution in [1.82, 2.24) is 4.98 Å². The molecule has 19 heavy (non-hydrogen) atoms. The van der Waals surface area contributed by atoms with Crippen LogP contribution in [0, 0.1) is 5.82 Å². The molecule has 0 bridgehead atoms. The van der Waals surface area contributed by atoms with Gasteiger partial charge in [0.05, 0.1) is 10.6 Å². The Morgan fingerprint density at radius 1 is 1.42 bits per heavy atom.